The first-order valence-corrected chi connectivity index (χ1v) is 9.71. The molecule has 2 unspecified atom stereocenters. The molecule has 2 aliphatic heterocycles. The lowest BCUT2D eigenvalue weighted by Crippen LogP contribution is -2.48. The van der Waals surface area contributed by atoms with E-state index in [1.807, 2.05) is 7.05 Å². The number of nitrogens with one attached hydrogen (secondary N) is 2. The highest BCUT2D eigenvalue weighted by Gasteiger charge is 2.30. The van der Waals surface area contributed by atoms with Crippen molar-refractivity contribution in [1.29, 1.82) is 0 Å². The van der Waals surface area contributed by atoms with Crippen LogP contribution in [-0.2, 0) is 14.6 Å². The molecule has 0 aromatic heterocycles. The zero-order chi connectivity index (χ0) is 15.3. The van der Waals surface area contributed by atoms with Gasteiger partial charge in [0, 0.05) is 12.1 Å². The van der Waals surface area contributed by atoms with E-state index in [0.717, 1.165) is 32.4 Å². The lowest BCUT2D eigenvalue weighted by Gasteiger charge is -2.35. The fourth-order valence-corrected chi connectivity index (χ4v) is 4.95. The van der Waals surface area contributed by atoms with E-state index in [4.69, 9.17) is 0 Å². The molecule has 1 amide bonds. The van der Waals surface area contributed by atoms with E-state index in [9.17, 15) is 13.2 Å². The van der Waals surface area contributed by atoms with Gasteiger partial charge in [0.2, 0.25) is 5.91 Å². The molecule has 21 heavy (non-hydrogen) atoms. The van der Waals surface area contributed by atoms with E-state index in [-0.39, 0.29) is 23.5 Å². The number of hydrogen-bond acceptors (Lipinski definition) is 5. The van der Waals surface area contributed by atoms with Gasteiger partial charge in [-0.1, -0.05) is 6.42 Å². The Labute approximate surface area is 127 Å². The Morgan fingerprint density at radius 2 is 2.10 bits per heavy atom. The molecule has 2 fully saturated rings. The van der Waals surface area contributed by atoms with E-state index in [1.54, 1.807) is 0 Å². The SMILES string of the molecule is CNCCC1CCCCN1CC(=O)NC1CCS(=O)(=O)C1. The highest BCUT2D eigenvalue weighted by Crippen LogP contribution is 2.19. The monoisotopic (exact) mass is 317 g/mol. The number of hydrogen-bond donors (Lipinski definition) is 2. The van der Waals surface area contributed by atoms with Crippen molar-refractivity contribution in [2.45, 2.75) is 44.2 Å². The van der Waals surface area contributed by atoms with Crippen LogP contribution in [0.3, 0.4) is 0 Å². The third-order valence-electron chi connectivity index (χ3n) is 4.42. The van der Waals surface area contributed by atoms with Gasteiger partial charge in [-0.05, 0) is 45.8 Å². The Bertz CT molecular complexity index is 452. The number of piperidine rings is 1. The van der Waals surface area contributed by atoms with Crippen molar-refractivity contribution in [1.82, 2.24) is 15.5 Å². The highest BCUT2D eigenvalue weighted by atomic mass is 32.2. The van der Waals surface area contributed by atoms with E-state index in [2.05, 4.69) is 15.5 Å². The summed E-state index contributed by atoms with van der Waals surface area (Å²) in [6.07, 6.45) is 5.13. The Kier molecular flexibility index (Phi) is 6.01. The van der Waals surface area contributed by atoms with Crippen molar-refractivity contribution < 1.29 is 13.2 Å². The summed E-state index contributed by atoms with van der Waals surface area (Å²) in [7, 11) is -0.989. The van der Waals surface area contributed by atoms with E-state index in [0.29, 0.717) is 19.0 Å². The average Bonchev–Trinajstić information content (AvgIpc) is 2.76. The summed E-state index contributed by atoms with van der Waals surface area (Å²) in [6, 6.07) is 0.271. The van der Waals surface area contributed by atoms with Crippen molar-refractivity contribution in [2.24, 2.45) is 0 Å². The fraction of sp³-hybridized carbons (Fsp3) is 0.929. The van der Waals surface area contributed by atoms with Gasteiger partial charge in [0.15, 0.2) is 9.84 Å². The highest BCUT2D eigenvalue weighted by molar-refractivity contribution is 7.91. The molecular weight excluding hydrogens is 290 g/mol. The second-order valence-electron chi connectivity index (χ2n) is 6.18. The molecule has 0 saturated carbocycles. The second kappa shape index (κ2) is 7.56. The van der Waals surface area contributed by atoms with Gasteiger partial charge in [-0.3, -0.25) is 9.69 Å². The predicted octanol–water partition coefficient (Wildman–Crippen LogP) is -0.246. The molecule has 0 spiro atoms. The summed E-state index contributed by atoms with van der Waals surface area (Å²) < 4.78 is 22.8. The molecule has 2 rings (SSSR count). The normalized spacial score (nSPS) is 29.4. The average molecular weight is 317 g/mol. The van der Waals surface area contributed by atoms with Crippen LogP contribution in [0.2, 0.25) is 0 Å². The molecule has 2 heterocycles. The Balaban J connectivity index is 1.80. The number of amides is 1. The number of carbonyl (C=O) groups is 1. The van der Waals surface area contributed by atoms with Crippen LogP contribution in [0.4, 0.5) is 0 Å². The first kappa shape index (κ1) is 16.7. The van der Waals surface area contributed by atoms with Crippen molar-refractivity contribution in [3.63, 3.8) is 0 Å². The van der Waals surface area contributed by atoms with Crippen LogP contribution < -0.4 is 10.6 Å². The molecule has 6 nitrogen and oxygen atoms in total. The summed E-state index contributed by atoms with van der Waals surface area (Å²) in [5.74, 6) is 0.266. The molecule has 122 valence electrons. The van der Waals surface area contributed by atoms with Crippen LogP contribution >= 0.6 is 0 Å². The third kappa shape index (κ3) is 5.23. The third-order valence-corrected chi connectivity index (χ3v) is 6.19. The van der Waals surface area contributed by atoms with Gasteiger partial charge in [0.1, 0.15) is 0 Å². The van der Waals surface area contributed by atoms with Crippen LogP contribution in [0.25, 0.3) is 0 Å². The largest absolute Gasteiger partial charge is 0.351 e. The minimum absolute atomic E-state index is 0.0338. The lowest BCUT2D eigenvalue weighted by molar-refractivity contribution is -0.123. The van der Waals surface area contributed by atoms with Gasteiger partial charge in [-0.25, -0.2) is 8.42 Å². The van der Waals surface area contributed by atoms with Gasteiger partial charge in [-0.2, -0.15) is 0 Å². The predicted molar refractivity (Wildman–Crippen MR) is 83.0 cm³/mol. The standard InChI is InChI=1S/C14H27N3O3S/c1-15-7-5-13-4-2-3-8-17(13)10-14(18)16-12-6-9-21(19,20)11-12/h12-13,15H,2-11H2,1H3,(H,16,18). The van der Waals surface area contributed by atoms with Crippen molar-refractivity contribution in [3.8, 4) is 0 Å². The Morgan fingerprint density at radius 3 is 2.76 bits per heavy atom. The first-order chi connectivity index (χ1) is 10.00. The number of rotatable bonds is 6. The quantitative estimate of drug-likeness (QED) is 0.706. The van der Waals surface area contributed by atoms with Gasteiger partial charge in [0.05, 0.1) is 18.1 Å². The topological polar surface area (TPSA) is 78.5 Å². The number of nitrogens with zero attached hydrogens (tertiary/aromatic N) is 1. The zero-order valence-corrected chi connectivity index (χ0v) is 13.6. The molecular formula is C14H27N3O3S. The first-order valence-electron chi connectivity index (χ1n) is 7.88. The van der Waals surface area contributed by atoms with Crippen LogP contribution in [0.15, 0.2) is 0 Å². The van der Waals surface area contributed by atoms with E-state index < -0.39 is 9.84 Å². The van der Waals surface area contributed by atoms with Crippen LogP contribution in [0, 0.1) is 0 Å². The van der Waals surface area contributed by atoms with E-state index in [1.165, 1.54) is 6.42 Å². The maximum Gasteiger partial charge on any atom is 0.234 e. The Hall–Kier alpha value is -0.660. The summed E-state index contributed by atoms with van der Waals surface area (Å²) in [5, 5.41) is 6.05. The maximum atomic E-state index is 12.1. The molecule has 0 aromatic carbocycles. The smallest absolute Gasteiger partial charge is 0.234 e. The molecule has 0 aromatic rings. The minimum atomic E-state index is -2.93. The molecule has 0 radical (unpaired) electrons. The van der Waals surface area contributed by atoms with Gasteiger partial charge in [0.25, 0.3) is 0 Å². The van der Waals surface area contributed by atoms with E-state index >= 15 is 0 Å². The number of likely N-dealkylation sites (tertiary alicyclic amines) is 1. The molecule has 0 aliphatic carbocycles. The maximum absolute atomic E-state index is 12.1. The molecule has 7 heteroatoms. The van der Waals surface area contributed by atoms with Crippen LogP contribution in [-0.4, -0.2) is 69.5 Å². The summed E-state index contributed by atoms with van der Waals surface area (Å²) >= 11 is 0. The summed E-state index contributed by atoms with van der Waals surface area (Å²) in [5.41, 5.74) is 0. The zero-order valence-electron chi connectivity index (χ0n) is 12.8. The van der Waals surface area contributed by atoms with Crippen molar-refractivity contribution >= 4 is 15.7 Å². The Morgan fingerprint density at radius 1 is 1.29 bits per heavy atom. The van der Waals surface area contributed by atoms with Crippen LogP contribution in [0.1, 0.15) is 32.1 Å². The lowest BCUT2D eigenvalue weighted by atomic mass is 9.99. The van der Waals surface area contributed by atoms with Crippen molar-refractivity contribution in [2.75, 3.05) is 38.2 Å². The molecule has 2 aliphatic rings. The fourth-order valence-electron chi connectivity index (χ4n) is 3.27. The second-order valence-corrected chi connectivity index (χ2v) is 8.41. The van der Waals surface area contributed by atoms with Crippen molar-refractivity contribution in [3.05, 3.63) is 0 Å². The molecule has 2 atom stereocenters. The summed E-state index contributed by atoms with van der Waals surface area (Å²) in [4.78, 5) is 14.4. The van der Waals surface area contributed by atoms with Gasteiger partial charge < -0.3 is 10.6 Å². The molecule has 0 bridgehead atoms. The summed E-state index contributed by atoms with van der Waals surface area (Å²) in [6.45, 7) is 2.32. The number of sulfone groups is 1. The van der Waals surface area contributed by atoms with Gasteiger partial charge in [-0.15, -0.1) is 0 Å². The molecule has 2 N–H and O–H groups in total. The minimum Gasteiger partial charge on any atom is -0.351 e. The van der Waals surface area contributed by atoms with Gasteiger partial charge >= 0.3 is 0 Å². The van der Waals surface area contributed by atoms with Crippen LogP contribution in [0.5, 0.6) is 0 Å². The molecule has 2 saturated heterocycles. The number of carbonyl (C=O) groups excluding carboxylic acids is 1.